The molecule has 0 bridgehead atoms. The Kier molecular flexibility index (Phi) is 13.8. The topological polar surface area (TPSA) is 192 Å². The molecule has 2 aliphatic carbocycles. The number of alkyl carbamates (subject to hydrolysis) is 1. The van der Waals surface area contributed by atoms with Crippen molar-refractivity contribution in [1.82, 2.24) is 25.2 Å². The number of hydrogen-bond donors (Lipinski definition) is 3. The zero-order chi connectivity index (χ0) is 47.9. The van der Waals surface area contributed by atoms with Crippen LogP contribution in [0.1, 0.15) is 79.6 Å². The van der Waals surface area contributed by atoms with Crippen LogP contribution in [0.5, 0.6) is 17.4 Å². The van der Waals surface area contributed by atoms with E-state index >= 15 is 4.39 Å². The van der Waals surface area contributed by atoms with E-state index in [9.17, 15) is 40.8 Å². The molecule has 8 atom stereocenters. The lowest BCUT2D eigenvalue weighted by molar-refractivity contribution is -0.197. The van der Waals surface area contributed by atoms with Crippen LogP contribution in [0.25, 0.3) is 22.0 Å². The summed E-state index contributed by atoms with van der Waals surface area (Å²) in [4.78, 5) is 62.5. The van der Waals surface area contributed by atoms with Gasteiger partial charge in [-0.05, 0) is 119 Å². The third-order valence-corrected chi connectivity index (χ3v) is 14.3. The molecule has 358 valence electrons. The molecular weight excluding hydrogens is 891 g/mol. The van der Waals surface area contributed by atoms with Crippen LogP contribution < -0.4 is 29.6 Å². The first-order chi connectivity index (χ1) is 31.1. The maximum atomic E-state index is 15.3. The number of fused-ring (bicyclic) bond motifs is 3. The Balaban J connectivity index is 1.26. The number of halogens is 4. The zero-order valence-electron chi connectivity index (χ0n) is 37.4. The van der Waals surface area contributed by atoms with Crippen molar-refractivity contribution in [3.63, 3.8) is 0 Å². The summed E-state index contributed by atoms with van der Waals surface area (Å²) in [5.74, 6) is -3.97. The number of alkyl halides is 3. The molecule has 3 fully saturated rings. The number of hydrogen-bond acceptors (Lipinski definition) is 11. The van der Waals surface area contributed by atoms with Gasteiger partial charge in [0.2, 0.25) is 27.7 Å². The van der Waals surface area contributed by atoms with Gasteiger partial charge in [0.05, 0.1) is 30.7 Å². The number of carbonyl (C=O) groups excluding carboxylic acids is 4. The minimum absolute atomic E-state index is 0.0434. The van der Waals surface area contributed by atoms with E-state index in [4.69, 9.17) is 19.2 Å². The number of methoxy groups -OCH3 is 1. The van der Waals surface area contributed by atoms with Gasteiger partial charge in [-0.25, -0.2) is 22.6 Å². The smallest absolute Gasteiger partial charge is 0.425 e. The number of amides is 4. The molecule has 15 nitrogen and oxygen atoms in total. The summed E-state index contributed by atoms with van der Waals surface area (Å²) in [5, 5.41) is 5.48. The SMILES string of the molecule is COc1ccc2c(OC3CC4C(=O)NC5(C(=O)NS(=O)(=O)C6CC6)CC5C=CCCC(C)CC(C)C(NC(=O)OC(C)C(F)(F)F)C(=O)N4C3)nc(-c3ccc(OC(C)C)c(F)c3)cc2c1. The highest BCUT2D eigenvalue weighted by Crippen LogP contribution is 2.46. The van der Waals surface area contributed by atoms with Crippen LogP contribution in [0.3, 0.4) is 0 Å². The molecule has 8 unspecified atom stereocenters. The van der Waals surface area contributed by atoms with Gasteiger partial charge in [0.1, 0.15) is 29.5 Å². The summed E-state index contributed by atoms with van der Waals surface area (Å²) in [6.07, 6.45) is -4.50. The van der Waals surface area contributed by atoms with Crippen LogP contribution in [0.2, 0.25) is 0 Å². The second kappa shape index (κ2) is 18.9. The minimum Gasteiger partial charge on any atom is -0.497 e. The van der Waals surface area contributed by atoms with E-state index in [2.05, 4.69) is 20.1 Å². The molecule has 3 heterocycles. The number of ether oxygens (including phenoxy) is 4. The van der Waals surface area contributed by atoms with E-state index < -0.39 is 92.7 Å². The second-order valence-electron chi connectivity index (χ2n) is 18.2. The van der Waals surface area contributed by atoms with E-state index in [-0.39, 0.29) is 43.0 Å². The predicted molar refractivity (Wildman–Crippen MR) is 233 cm³/mol. The molecule has 2 saturated carbocycles. The number of nitrogens with zero attached hydrogens (tertiary/aromatic N) is 2. The van der Waals surface area contributed by atoms with Gasteiger partial charge in [-0.3, -0.25) is 19.1 Å². The van der Waals surface area contributed by atoms with Gasteiger partial charge in [0, 0.05) is 23.3 Å². The van der Waals surface area contributed by atoms with E-state index in [1.165, 1.54) is 19.2 Å². The Morgan fingerprint density at radius 2 is 1.76 bits per heavy atom. The van der Waals surface area contributed by atoms with Gasteiger partial charge in [0.25, 0.3) is 5.91 Å². The first-order valence-electron chi connectivity index (χ1n) is 22.1. The Hall–Kier alpha value is -5.66. The maximum absolute atomic E-state index is 15.3. The number of pyridine rings is 1. The fourth-order valence-electron chi connectivity index (χ4n) is 8.62. The van der Waals surface area contributed by atoms with Crippen LogP contribution in [0, 0.1) is 23.6 Å². The van der Waals surface area contributed by atoms with Gasteiger partial charge in [0.15, 0.2) is 17.7 Å². The van der Waals surface area contributed by atoms with E-state index in [1.54, 1.807) is 57.2 Å². The molecule has 1 aromatic heterocycles. The molecule has 3 N–H and O–H groups in total. The molecule has 1 saturated heterocycles. The molecule has 2 aliphatic heterocycles. The average molecular weight is 946 g/mol. The molecule has 20 heteroatoms. The van der Waals surface area contributed by atoms with Crippen molar-refractivity contribution in [2.75, 3.05) is 13.7 Å². The van der Waals surface area contributed by atoms with Gasteiger partial charge in [-0.1, -0.05) is 26.0 Å². The maximum Gasteiger partial charge on any atom is 0.425 e. The highest BCUT2D eigenvalue weighted by atomic mass is 32.2. The number of benzene rings is 2. The summed E-state index contributed by atoms with van der Waals surface area (Å²) >= 11 is 0. The fraction of sp³-hybridized carbons (Fsp3) is 0.543. The van der Waals surface area contributed by atoms with Crippen molar-refractivity contribution in [1.29, 1.82) is 0 Å². The van der Waals surface area contributed by atoms with Crippen LogP contribution in [-0.4, -0.2) is 103 Å². The van der Waals surface area contributed by atoms with Crippen molar-refractivity contribution in [3.05, 3.63) is 60.4 Å². The largest absolute Gasteiger partial charge is 0.497 e. The van der Waals surface area contributed by atoms with Gasteiger partial charge in [-0.2, -0.15) is 13.2 Å². The molecule has 0 radical (unpaired) electrons. The predicted octanol–water partition coefficient (Wildman–Crippen LogP) is 6.73. The number of sulfonamides is 1. The van der Waals surface area contributed by atoms with Crippen molar-refractivity contribution in [2.45, 2.75) is 127 Å². The molecule has 4 aliphatic rings. The third-order valence-electron chi connectivity index (χ3n) is 12.5. The van der Waals surface area contributed by atoms with Crippen molar-refractivity contribution < 1.29 is 64.1 Å². The first kappa shape index (κ1) is 48.3. The number of rotatable bonds is 11. The minimum atomic E-state index is -4.89. The molecule has 4 amide bonds. The number of allylic oxidation sites excluding steroid dienone is 1. The lowest BCUT2D eigenvalue weighted by Crippen LogP contribution is -2.59. The first-order valence-corrected chi connectivity index (χ1v) is 23.6. The summed E-state index contributed by atoms with van der Waals surface area (Å²) in [6, 6.07) is 8.29. The Morgan fingerprint density at radius 3 is 2.42 bits per heavy atom. The summed E-state index contributed by atoms with van der Waals surface area (Å²) in [6.45, 7) is 7.47. The summed E-state index contributed by atoms with van der Waals surface area (Å²) < 4.78 is 106. The Morgan fingerprint density at radius 1 is 1.02 bits per heavy atom. The van der Waals surface area contributed by atoms with Crippen LogP contribution in [0.4, 0.5) is 22.4 Å². The quantitative estimate of drug-likeness (QED) is 0.137. The van der Waals surface area contributed by atoms with E-state index in [0.717, 1.165) is 4.90 Å². The Bertz CT molecular complexity index is 2500. The number of carbonyl (C=O) groups is 4. The normalized spacial score (nSPS) is 26.6. The van der Waals surface area contributed by atoms with E-state index in [0.29, 0.717) is 66.8 Å². The second-order valence-corrected chi connectivity index (χ2v) is 20.1. The summed E-state index contributed by atoms with van der Waals surface area (Å²) in [7, 11) is -2.54. The fourth-order valence-corrected chi connectivity index (χ4v) is 9.99. The lowest BCUT2D eigenvalue weighted by Gasteiger charge is -2.33. The monoisotopic (exact) mass is 945 g/mol. The molecule has 0 spiro atoms. The molecule has 66 heavy (non-hydrogen) atoms. The third kappa shape index (κ3) is 10.8. The standard InChI is InChI=1S/C46H55F4N5O10S/c1-24(2)63-38-16-11-28(19-35(38)47)36-20-29-18-31(62-6)12-15-34(29)41(51-36)65-32-21-37-40(56)53-45(43(58)54-66(60,61)33-13-14-33)22-30(45)10-8-7-9-25(3)17-26(4)39(42(57)55(37)23-32)52-44(59)64-27(5)46(48,49)50/h8,10-12,15-16,18-20,24-27,30,32-33,37,39H,7,9,13-14,17,21-23H2,1-6H3,(H,52,59)(H,53,56)(H,54,58). The van der Waals surface area contributed by atoms with Crippen molar-refractivity contribution in [2.24, 2.45) is 17.8 Å². The highest BCUT2D eigenvalue weighted by Gasteiger charge is 2.62. The van der Waals surface area contributed by atoms with Crippen LogP contribution in [-0.2, 0) is 29.1 Å². The van der Waals surface area contributed by atoms with Crippen molar-refractivity contribution >= 4 is 44.6 Å². The van der Waals surface area contributed by atoms with E-state index in [1.807, 2.05) is 13.0 Å². The number of aromatic nitrogens is 1. The van der Waals surface area contributed by atoms with Gasteiger partial charge < -0.3 is 34.5 Å². The summed E-state index contributed by atoms with van der Waals surface area (Å²) in [5.41, 5.74) is -1.02. The average Bonchev–Trinajstić information content (AvgIpc) is 4.17. The van der Waals surface area contributed by atoms with Gasteiger partial charge in [-0.15, -0.1) is 0 Å². The van der Waals surface area contributed by atoms with Gasteiger partial charge >= 0.3 is 12.3 Å². The molecule has 2 aromatic carbocycles. The molecular formula is C46H55F4N5O10S. The zero-order valence-corrected chi connectivity index (χ0v) is 38.3. The highest BCUT2D eigenvalue weighted by molar-refractivity contribution is 7.91. The lowest BCUT2D eigenvalue weighted by atomic mass is 9.88. The van der Waals surface area contributed by atoms with Crippen LogP contribution >= 0.6 is 0 Å². The van der Waals surface area contributed by atoms with Crippen molar-refractivity contribution in [3.8, 4) is 28.6 Å². The van der Waals surface area contributed by atoms with Crippen LogP contribution in [0.15, 0.2) is 54.6 Å². The molecule has 7 rings (SSSR count). The Labute approximate surface area is 380 Å². The number of nitrogens with one attached hydrogen (secondary N) is 3. The molecule has 3 aromatic rings.